The van der Waals surface area contributed by atoms with E-state index in [1.807, 2.05) is 0 Å². The van der Waals surface area contributed by atoms with E-state index in [4.69, 9.17) is 12.2 Å². The molecule has 2 rings (SSSR count). The van der Waals surface area contributed by atoms with Crippen molar-refractivity contribution >= 4 is 23.2 Å². The molecule has 2 aromatic carbocycles. The lowest BCUT2D eigenvalue weighted by molar-refractivity contribution is 1.01. The molecule has 0 spiro atoms. The summed E-state index contributed by atoms with van der Waals surface area (Å²) in [6.07, 6.45) is 8.57. The topological polar surface area (TPSA) is 0 Å². The molecule has 0 heterocycles. The predicted octanol–water partition coefficient (Wildman–Crippen LogP) is 6.37. The first-order valence-electron chi connectivity index (χ1n) is 9.08. The fourth-order valence-corrected chi connectivity index (χ4v) is 3.29. The average Bonchev–Trinajstić information content (AvgIpc) is 2.65. The molecule has 0 atom stereocenters. The summed E-state index contributed by atoms with van der Waals surface area (Å²) >= 11 is 5.61. The quantitative estimate of drug-likeness (QED) is 0.322. The maximum atomic E-state index is 5.61. The van der Waals surface area contributed by atoms with Gasteiger partial charge in [-0.2, -0.15) is 0 Å². The molecule has 2 aromatic rings. The minimum atomic E-state index is 0.902. The monoisotopic (exact) mass is 336 g/mol. The van der Waals surface area contributed by atoms with Crippen LogP contribution in [0.1, 0.15) is 61.1 Å². The molecule has 0 nitrogen and oxygen atoms in total. The van der Waals surface area contributed by atoms with Crippen LogP contribution in [0.4, 0.5) is 0 Å². The van der Waals surface area contributed by atoms with E-state index in [1.54, 1.807) is 0 Å². The van der Waals surface area contributed by atoms with Crippen molar-refractivity contribution in [1.29, 1.82) is 0 Å². The smallest absolute Gasteiger partial charge is 0.0449 e. The second-order valence-electron chi connectivity index (χ2n) is 6.13. The lowest BCUT2D eigenvalue weighted by Crippen LogP contribution is -1.99. The lowest BCUT2D eigenvalue weighted by atomic mass is 9.93. The van der Waals surface area contributed by atoms with Crippen LogP contribution in [0.2, 0.25) is 0 Å². The number of allylic oxidation sites excluding steroid dienone is 1. The number of rotatable bonds is 7. The second kappa shape index (κ2) is 8.94. The highest BCUT2D eigenvalue weighted by molar-refractivity contribution is 7.81. The molecule has 1 heteroatoms. The van der Waals surface area contributed by atoms with Crippen molar-refractivity contribution in [2.75, 3.05) is 0 Å². The van der Waals surface area contributed by atoms with E-state index < -0.39 is 0 Å². The SMILES string of the molecule is CCc1ccc(C(=S)C=Cc2cc(CC)cc(CC)c2CC)cc1. The average molecular weight is 337 g/mol. The molecule has 126 valence electrons. The van der Waals surface area contributed by atoms with E-state index in [-0.39, 0.29) is 0 Å². The van der Waals surface area contributed by atoms with Gasteiger partial charge in [-0.1, -0.05) is 82.4 Å². The van der Waals surface area contributed by atoms with Crippen molar-refractivity contribution in [3.63, 3.8) is 0 Å². The first-order chi connectivity index (χ1) is 11.6. The summed E-state index contributed by atoms with van der Waals surface area (Å²) in [7, 11) is 0. The fraction of sp³-hybridized carbons (Fsp3) is 0.348. The molecule has 0 amide bonds. The summed E-state index contributed by atoms with van der Waals surface area (Å²) in [6, 6.07) is 13.3. The van der Waals surface area contributed by atoms with Crippen LogP contribution in [0, 0.1) is 0 Å². The van der Waals surface area contributed by atoms with Gasteiger partial charge in [0.2, 0.25) is 0 Å². The molecule has 0 aromatic heterocycles. The highest BCUT2D eigenvalue weighted by Gasteiger charge is 2.06. The second-order valence-corrected chi connectivity index (χ2v) is 6.57. The van der Waals surface area contributed by atoms with E-state index in [0.29, 0.717) is 0 Å². The van der Waals surface area contributed by atoms with Crippen LogP contribution in [0.5, 0.6) is 0 Å². The molecule has 0 aliphatic heterocycles. The Morgan fingerprint density at radius 2 is 1.50 bits per heavy atom. The third-order valence-corrected chi connectivity index (χ3v) is 5.01. The first-order valence-corrected chi connectivity index (χ1v) is 9.49. The normalized spacial score (nSPS) is 11.2. The highest BCUT2D eigenvalue weighted by Crippen LogP contribution is 2.22. The molecule has 0 saturated carbocycles. The Morgan fingerprint density at radius 3 is 2.04 bits per heavy atom. The first kappa shape index (κ1) is 18.6. The highest BCUT2D eigenvalue weighted by atomic mass is 32.1. The maximum Gasteiger partial charge on any atom is 0.0449 e. The van der Waals surface area contributed by atoms with Crippen molar-refractivity contribution in [3.8, 4) is 0 Å². The molecule has 24 heavy (non-hydrogen) atoms. The van der Waals surface area contributed by atoms with E-state index in [0.717, 1.165) is 36.1 Å². The van der Waals surface area contributed by atoms with Crippen molar-refractivity contribution < 1.29 is 0 Å². The summed E-state index contributed by atoms with van der Waals surface area (Å²) < 4.78 is 0. The summed E-state index contributed by atoms with van der Waals surface area (Å²) in [5.41, 5.74) is 8.12. The van der Waals surface area contributed by atoms with Gasteiger partial charge in [-0.05, 0) is 65.1 Å². The van der Waals surface area contributed by atoms with Gasteiger partial charge >= 0.3 is 0 Å². The summed E-state index contributed by atoms with van der Waals surface area (Å²) in [5.74, 6) is 0. The van der Waals surface area contributed by atoms with Crippen LogP contribution in [0.3, 0.4) is 0 Å². The molecule has 0 aliphatic rings. The van der Waals surface area contributed by atoms with E-state index in [9.17, 15) is 0 Å². The Hall–Kier alpha value is -1.73. The predicted molar refractivity (Wildman–Crippen MR) is 111 cm³/mol. The molecule has 0 bridgehead atoms. The molecular weight excluding hydrogens is 308 g/mol. The molecule has 0 saturated heterocycles. The number of hydrogen-bond acceptors (Lipinski definition) is 1. The maximum absolute atomic E-state index is 5.61. The van der Waals surface area contributed by atoms with Crippen LogP contribution >= 0.6 is 12.2 Å². The van der Waals surface area contributed by atoms with Crippen LogP contribution in [-0.2, 0) is 25.7 Å². The van der Waals surface area contributed by atoms with E-state index in [1.165, 1.54) is 27.8 Å². The minimum Gasteiger partial charge on any atom is -0.0795 e. The van der Waals surface area contributed by atoms with Gasteiger partial charge in [-0.25, -0.2) is 0 Å². The summed E-state index contributed by atoms with van der Waals surface area (Å²) in [5, 5.41) is 0. The Morgan fingerprint density at radius 1 is 0.833 bits per heavy atom. The summed E-state index contributed by atoms with van der Waals surface area (Å²) in [6.45, 7) is 8.86. The Balaban J connectivity index is 2.31. The van der Waals surface area contributed by atoms with Gasteiger partial charge in [-0.3, -0.25) is 0 Å². The van der Waals surface area contributed by atoms with Crippen LogP contribution in [-0.4, -0.2) is 4.86 Å². The zero-order valence-electron chi connectivity index (χ0n) is 15.4. The van der Waals surface area contributed by atoms with Gasteiger partial charge in [0, 0.05) is 4.86 Å². The van der Waals surface area contributed by atoms with Crippen LogP contribution in [0.15, 0.2) is 42.5 Å². The molecule has 0 radical (unpaired) electrons. The van der Waals surface area contributed by atoms with Gasteiger partial charge in [-0.15, -0.1) is 0 Å². The molecular formula is C23H28S. The largest absolute Gasteiger partial charge is 0.0795 e. The molecule has 0 fully saturated rings. The van der Waals surface area contributed by atoms with Crippen molar-refractivity contribution in [3.05, 3.63) is 75.9 Å². The van der Waals surface area contributed by atoms with Crippen LogP contribution < -0.4 is 0 Å². The van der Waals surface area contributed by atoms with E-state index in [2.05, 4.69) is 76.2 Å². The summed E-state index contributed by atoms with van der Waals surface area (Å²) in [4.78, 5) is 0.902. The zero-order chi connectivity index (χ0) is 17.5. The lowest BCUT2D eigenvalue weighted by Gasteiger charge is -2.13. The van der Waals surface area contributed by atoms with Crippen molar-refractivity contribution in [2.45, 2.75) is 53.4 Å². The molecule has 0 aliphatic carbocycles. The number of hydrogen-bond donors (Lipinski definition) is 0. The fourth-order valence-electron chi connectivity index (χ4n) is 3.09. The van der Waals surface area contributed by atoms with Crippen molar-refractivity contribution in [2.24, 2.45) is 0 Å². The minimum absolute atomic E-state index is 0.902. The number of benzene rings is 2. The van der Waals surface area contributed by atoms with Gasteiger partial charge in [0.05, 0.1) is 0 Å². The van der Waals surface area contributed by atoms with E-state index >= 15 is 0 Å². The Bertz CT molecular complexity index is 720. The Labute approximate surface area is 152 Å². The van der Waals surface area contributed by atoms with Gasteiger partial charge in [0.15, 0.2) is 0 Å². The third-order valence-electron chi connectivity index (χ3n) is 4.64. The number of thiocarbonyl (C=S) groups is 1. The zero-order valence-corrected chi connectivity index (χ0v) is 16.2. The Kier molecular flexibility index (Phi) is 6.93. The van der Waals surface area contributed by atoms with Gasteiger partial charge in [0.1, 0.15) is 0 Å². The van der Waals surface area contributed by atoms with Crippen molar-refractivity contribution in [1.82, 2.24) is 0 Å². The van der Waals surface area contributed by atoms with Crippen LogP contribution in [0.25, 0.3) is 6.08 Å². The standard InChI is InChI=1S/C23H28S/c1-5-17-9-11-20(12-10-17)23(24)14-13-21-16-18(6-2)15-19(7-3)22(21)8-4/h9-16H,5-8H2,1-4H3. The molecule has 0 unspecified atom stereocenters. The van der Waals surface area contributed by atoms with Gasteiger partial charge < -0.3 is 0 Å². The number of aryl methyl sites for hydroxylation is 3. The molecule has 0 N–H and O–H groups in total. The third kappa shape index (κ3) is 4.42. The van der Waals surface area contributed by atoms with Gasteiger partial charge in [0.25, 0.3) is 0 Å².